The van der Waals surface area contributed by atoms with Gasteiger partial charge in [0, 0.05) is 5.69 Å². The van der Waals surface area contributed by atoms with Gasteiger partial charge in [0.15, 0.2) is 0 Å². The van der Waals surface area contributed by atoms with E-state index >= 15 is 0 Å². The number of allylic oxidation sites excluding steroid dienone is 1. The van der Waals surface area contributed by atoms with E-state index in [2.05, 4.69) is 18.5 Å². The molecule has 22 heavy (non-hydrogen) atoms. The molecule has 0 saturated heterocycles. The first-order chi connectivity index (χ1) is 10.6. The summed E-state index contributed by atoms with van der Waals surface area (Å²) in [5.41, 5.74) is 0.705. The van der Waals surface area contributed by atoms with E-state index in [1.807, 2.05) is 25.1 Å². The van der Waals surface area contributed by atoms with Crippen LogP contribution >= 0.6 is 0 Å². The maximum atomic E-state index is 12.5. The van der Waals surface area contributed by atoms with Crippen molar-refractivity contribution in [2.24, 2.45) is 11.8 Å². The van der Waals surface area contributed by atoms with Gasteiger partial charge in [0.1, 0.15) is 6.61 Å². The number of ether oxygens (including phenoxy) is 1. The summed E-state index contributed by atoms with van der Waals surface area (Å²) in [7, 11) is 0. The number of hydrogen-bond acceptors (Lipinski definition) is 3. The number of benzene rings is 1. The standard InChI is InChI=1S/C18H23NO3/c1-4-10-16(15(6-3)18(21)22-13-5-2)17(20)19-14-11-8-7-9-12-14/h4-5,7-9,11-12,15-16H,1-2,6,10,13H2,3H3,(H,19,20)/t15-,16+/m1/s1. The highest BCUT2D eigenvalue weighted by molar-refractivity contribution is 5.95. The third-order valence-electron chi connectivity index (χ3n) is 3.37. The molecule has 0 saturated carbocycles. The van der Waals surface area contributed by atoms with Gasteiger partial charge in [-0.05, 0) is 25.0 Å². The number of nitrogens with one attached hydrogen (secondary N) is 1. The lowest BCUT2D eigenvalue weighted by molar-refractivity contribution is -0.151. The third kappa shape index (κ3) is 5.20. The first-order valence-electron chi connectivity index (χ1n) is 7.38. The van der Waals surface area contributed by atoms with Crippen molar-refractivity contribution in [3.05, 3.63) is 55.6 Å². The van der Waals surface area contributed by atoms with Gasteiger partial charge in [-0.1, -0.05) is 43.9 Å². The summed E-state index contributed by atoms with van der Waals surface area (Å²) in [6.45, 7) is 9.21. The van der Waals surface area contributed by atoms with Crippen LogP contribution < -0.4 is 5.32 Å². The molecule has 0 fully saturated rings. The minimum Gasteiger partial charge on any atom is -0.461 e. The minimum absolute atomic E-state index is 0.149. The number of rotatable bonds is 9. The lowest BCUT2D eigenvalue weighted by Gasteiger charge is -2.23. The van der Waals surface area contributed by atoms with Crippen molar-refractivity contribution < 1.29 is 14.3 Å². The summed E-state index contributed by atoms with van der Waals surface area (Å²) in [5.74, 6) is -1.58. The van der Waals surface area contributed by atoms with Crippen molar-refractivity contribution in [3.8, 4) is 0 Å². The number of anilines is 1. The molecule has 118 valence electrons. The molecule has 4 heteroatoms. The number of hydrogen-bond donors (Lipinski definition) is 1. The molecule has 1 aromatic rings. The predicted octanol–water partition coefficient (Wildman–Crippen LogP) is 3.57. The van der Waals surface area contributed by atoms with Crippen LogP contribution in [0.4, 0.5) is 5.69 Å². The Morgan fingerprint density at radius 2 is 1.86 bits per heavy atom. The van der Waals surface area contributed by atoms with E-state index in [4.69, 9.17) is 4.74 Å². The number of esters is 1. The molecule has 0 radical (unpaired) electrons. The largest absolute Gasteiger partial charge is 0.461 e. The van der Waals surface area contributed by atoms with Gasteiger partial charge < -0.3 is 10.1 Å². The lowest BCUT2D eigenvalue weighted by atomic mass is 9.86. The highest BCUT2D eigenvalue weighted by Gasteiger charge is 2.32. The zero-order valence-electron chi connectivity index (χ0n) is 13.0. The lowest BCUT2D eigenvalue weighted by Crippen LogP contribution is -2.34. The van der Waals surface area contributed by atoms with Crippen molar-refractivity contribution in [2.45, 2.75) is 19.8 Å². The average molecular weight is 301 g/mol. The monoisotopic (exact) mass is 301 g/mol. The summed E-state index contributed by atoms with van der Waals surface area (Å²) >= 11 is 0. The molecule has 0 aromatic heterocycles. The van der Waals surface area contributed by atoms with Crippen molar-refractivity contribution in [1.82, 2.24) is 0 Å². The van der Waals surface area contributed by atoms with Crippen LogP contribution in [0.3, 0.4) is 0 Å². The second-order valence-corrected chi connectivity index (χ2v) is 4.92. The molecule has 0 spiro atoms. The summed E-state index contributed by atoms with van der Waals surface area (Å²) in [4.78, 5) is 24.6. The maximum Gasteiger partial charge on any atom is 0.310 e. The highest BCUT2D eigenvalue weighted by Crippen LogP contribution is 2.23. The molecule has 0 aliphatic heterocycles. The normalized spacial score (nSPS) is 12.8. The van der Waals surface area contributed by atoms with E-state index in [0.717, 1.165) is 0 Å². The molecule has 4 nitrogen and oxygen atoms in total. The molecule has 1 aromatic carbocycles. The number of carbonyl (C=O) groups excluding carboxylic acids is 2. The van der Waals surface area contributed by atoms with Crippen molar-refractivity contribution in [2.75, 3.05) is 11.9 Å². The second-order valence-electron chi connectivity index (χ2n) is 4.92. The summed E-state index contributed by atoms with van der Waals surface area (Å²) < 4.78 is 5.10. The molecule has 0 aliphatic rings. The molecular formula is C18H23NO3. The van der Waals surface area contributed by atoms with Crippen LogP contribution in [0.5, 0.6) is 0 Å². The van der Waals surface area contributed by atoms with E-state index in [-0.39, 0.29) is 18.5 Å². The maximum absolute atomic E-state index is 12.5. The van der Waals surface area contributed by atoms with Gasteiger partial charge in [-0.25, -0.2) is 0 Å². The van der Waals surface area contributed by atoms with Crippen molar-refractivity contribution in [1.29, 1.82) is 0 Å². The zero-order valence-corrected chi connectivity index (χ0v) is 13.0. The van der Waals surface area contributed by atoms with Gasteiger partial charge in [0.05, 0.1) is 11.8 Å². The van der Waals surface area contributed by atoms with E-state index < -0.39 is 11.8 Å². The van der Waals surface area contributed by atoms with E-state index in [1.54, 1.807) is 18.2 Å². The van der Waals surface area contributed by atoms with Crippen molar-refractivity contribution >= 4 is 17.6 Å². The average Bonchev–Trinajstić information content (AvgIpc) is 2.53. The molecule has 1 rings (SSSR count). The van der Waals surface area contributed by atoms with E-state index in [1.165, 1.54) is 6.08 Å². The molecule has 1 amide bonds. The first-order valence-corrected chi connectivity index (χ1v) is 7.38. The van der Waals surface area contributed by atoms with E-state index in [9.17, 15) is 9.59 Å². The summed E-state index contributed by atoms with van der Waals surface area (Å²) in [6.07, 6.45) is 4.10. The fraction of sp³-hybridized carbons (Fsp3) is 0.333. The van der Waals surface area contributed by atoms with Gasteiger partial charge in [-0.3, -0.25) is 9.59 Å². The van der Waals surface area contributed by atoms with Crippen LogP contribution in [0.2, 0.25) is 0 Å². The molecule has 0 unspecified atom stereocenters. The van der Waals surface area contributed by atoms with Crippen LogP contribution in [0, 0.1) is 11.8 Å². The molecule has 2 atom stereocenters. The van der Waals surface area contributed by atoms with Gasteiger partial charge in [-0.2, -0.15) is 0 Å². The van der Waals surface area contributed by atoms with E-state index in [0.29, 0.717) is 18.5 Å². The molecule has 0 bridgehead atoms. The first kappa shape index (κ1) is 17.7. The Balaban J connectivity index is 2.84. The Morgan fingerprint density at radius 3 is 2.41 bits per heavy atom. The van der Waals surface area contributed by atoms with Gasteiger partial charge >= 0.3 is 5.97 Å². The van der Waals surface area contributed by atoms with Crippen LogP contribution in [0.25, 0.3) is 0 Å². The summed E-state index contributed by atoms with van der Waals surface area (Å²) in [5, 5.41) is 2.84. The van der Waals surface area contributed by atoms with Gasteiger partial charge in [0.2, 0.25) is 5.91 Å². The second kappa shape index (κ2) is 9.55. The Bertz CT molecular complexity index is 510. The number of amides is 1. The van der Waals surface area contributed by atoms with Crippen LogP contribution in [-0.2, 0) is 14.3 Å². The SMILES string of the molecule is C=CCOC(=O)[C@H](CC)[C@H](CC=C)C(=O)Nc1ccccc1. The molecular weight excluding hydrogens is 278 g/mol. The highest BCUT2D eigenvalue weighted by atomic mass is 16.5. The Labute approximate surface area is 131 Å². The Morgan fingerprint density at radius 1 is 1.18 bits per heavy atom. The minimum atomic E-state index is -0.500. The fourth-order valence-electron chi connectivity index (χ4n) is 2.25. The topological polar surface area (TPSA) is 55.4 Å². The molecule has 0 aliphatic carbocycles. The summed E-state index contributed by atoms with van der Waals surface area (Å²) in [6, 6.07) is 9.17. The molecule has 0 heterocycles. The predicted molar refractivity (Wildman–Crippen MR) is 88.3 cm³/mol. The number of para-hydroxylation sites is 1. The van der Waals surface area contributed by atoms with Gasteiger partial charge in [0.25, 0.3) is 0 Å². The number of carbonyl (C=O) groups is 2. The van der Waals surface area contributed by atoms with Gasteiger partial charge in [-0.15, -0.1) is 6.58 Å². The zero-order chi connectivity index (χ0) is 16.4. The van der Waals surface area contributed by atoms with Crippen LogP contribution in [-0.4, -0.2) is 18.5 Å². The van der Waals surface area contributed by atoms with Crippen LogP contribution in [0.1, 0.15) is 19.8 Å². The fourth-order valence-corrected chi connectivity index (χ4v) is 2.25. The molecule has 1 N–H and O–H groups in total. The van der Waals surface area contributed by atoms with Crippen LogP contribution in [0.15, 0.2) is 55.6 Å². The smallest absolute Gasteiger partial charge is 0.310 e. The Kier molecular flexibility index (Phi) is 7.68. The quantitative estimate of drug-likeness (QED) is 0.560. The third-order valence-corrected chi connectivity index (χ3v) is 3.37. The Hall–Kier alpha value is -2.36. The van der Waals surface area contributed by atoms with Crippen molar-refractivity contribution in [3.63, 3.8) is 0 Å².